The number of rotatable bonds is 7. The van der Waals surface area contributed by atoms with Gasteiger partial charge in [-0.2, -0.15) is 0 Å². The van der Waals surface area contributed by atoms with Gasteiger partial charge in [-0.25, -0.2) is 4.79 Å². The van der Waals surface area contributed by atoms with Crippen molar-refractivity contribution >= 4 is 17.8 Å². The second-order valence-electron chi connectivity index (χ2n) is 4.22. The number of nitrogens with one attached hydrogen (secondary N) is 1. The van der Waals surface area contributed by atoms with Gasteiger partial charge < -0.3 is 15.2 Å². The Hall–Kier alpha value is -1.59. The van der Waals surface area contributed by atoms with Crippen molar-refractivity contribution in [3.63, 3.8) is 0 Å². The van der Waals surface area contributed by atoms with Gasteiger partial charge >= 0.3 is 11.9 Å². The minimum absolute atomic E-state index is 0.0167. The average molecular weight is 243 g/mol. The van der Waals surface area contributed by atoms with Crippen molar-refractivity contribution in [2.75, 3.05) is 7.11 Å². The van der Waals surface area contributed by atoms with Gasteiger partial charge in [0.05, 0.1) is 7.11 Å². The van der Waals surface area contributed by atoms with Crippen molar-refractivity contribution < 1.29 is 24.2 Å². The van der Waals surface area contributed by atoms with Crippen molar-refractivity contribution in [2.45, 2.75) is 38.1 Å². The first-order chi connectivity index (χ1) is 8.02. The summed E-state index contributed by atoms with van der Waals surface area (Å²) in [5.74, 6) is -1.46. The summed E-state index contributed by atoms with van der Waals surface area (Å²) in [6, 6.07) is -1.01. The van der Waals surface area contributed by atoms with Crippen LogP contribution in [0.1, 0.15) is 32.1 Å². The maximum atomic E-state index is 11.4. The lowest BCUT2D eigenvalue weighted by Crippen LogP contribution is -2.41. The molecule has 0 aromatic carbocycles. The molecular formula is C11H17NO5. The van der Waals surface area contributed by atoms with Gasteiger partial charge in [-0.05, 0) is 25.2 Å². The van der Waals surface area contributed by atoms with E-state index in [1.54, 1.807) is 0 Å². The van der Waals surface area contributed by atoms with Crippen LogP contribution in [-0.2, 0) is 19.1 Å². The van der Waals surface area contributed by atoms with Crippen LogP contribution in [0.2, 0.25) is 0 Å². The number of carbonyl (C=O) groups is 3. The van der Waals surface area contributed by atoms with Gasteiger partial charge in [0.2, 0.25) is 5.91 Å². The summed E-state index contributed by atoms with van der Waals surface area (Å²) < 4.78 is 4.42. The van der Waals surface area contributed by atoms with E-state index >= 15 is 0 Å². The van der Waals surface area contributed by atoms with Gasteiger partial charge in [0.1, 0.15) is 6.04 Å². The van der Waals surface area contributed by atoms with Crippen LogP contribution in [0.3, 0.4) is 0 Å². The largest absolute Gasteiger partial charge is 0.480 e. The van der Waals surface area contributed by atoms with E-state index in [2.05, 4.69) is 10.1 Å². The molecule has 1 unspecified atom stereocenters. The van der Waals surface area contributed by atoms with Crippen LogP contribution in [0.4, 0.5) is 0 Å². The fourth-order valence-electron chi connectivity index (χ4n) is 1.46. The smallest absolute Gasteiger partial charge is 0.326 e. The van der Waals surface area contributed by atoms with Crippen molar-refractivity contribution in [3.05, 3.63) is 0 Å². The standard InChI is InChI=1S/C11H17NO5/c1-17-10(14)5-4-8(11(15)16)12-9(13)6-7-2-3-7/h7-8H,2-6H2,1H3,(H,12,13)(H,15,16). The number of carboxylic acids is 1. The molecule has 1 saturated carbocycles. The zero-order valence-electron chi connectivity index (χ0n) is 9.77. The molecule has 96 valence electrons. The maximum Gasteiger partial charge on any atom is 0.326 e. The molecule has 0 spiro atoms. The van der Waals surface area contributed by atoms with Gasteiger partial charge in [0.15, 0.2) is 0 Å². The second kappa shape index (κ2) is 6.22. The minimum Gasteiger partial charge on any atom is -0.480 e. The Morgan fingerprint density at radius 2 is 2.06 bits per heavy atom. The predicted molar refractivity (Wildman–Crippen MR) is 58.2 cm³/mol. The highest BCUT2D eigenvalue weighted by molar-refractivity contribution is 5.84. The van der Waals surface area contributed by atoms with Crippen LogP contribution in [-0.4, -0.2) is 36.1 Å². The third-order valence-electron chi connectivity index (χ3n) is 2.67. The normalized spacial score (nSPS) is 16.1. The second-order valence-corrected chi connectivity index (χ2v) is 4.22. The molecule has 0 aliphatic heterocycles. The van der Waals surface area contributed by atoms with E-state index in [0.29, 0.717) is 12.3 Å². The lowest BCUT2D eigenvalue weighted by molar-refractivity contribution is -0.144. The summed E-state index contributed by atoms with van der Waals surface area (Å²) in [6.45, 7) is 0. The highest BCUT2D eigenvalue weighted by atomic mass is 16.5. The number of esters is 1. The molecule has 1 aliphatic carbocycles. The van der Waals surface area contributed by atoms with Gasteiger partial charge in [0, 0.05) is 12.8 Å². The first-order valence-corrected chi connectivity index (χ1v) is 5.62. The Labute approximate surface area is 99.3 Å². The number of amides is 1. The van der Waals surface area contributed by atoms with E-state index in [4.69, 9.17) is 5.11 Å². The molecule has 17 heavy (non-hydrogen) atoms. The highest BCUT2D eigenvalue weighted by Gasteiger charge is 2.27. The first kappa shape index (κ1) is 13.5. The quantitative estimate of drug-likeness (QED) is 0.628. The van der Waals surface area contributed by atoms with Crippen LogP contribution in [0, 0.1) is 5.92 Å². The fraction of sp³-hybridized carbons (Fsp3) is 0.727. The lowest BCUT2D eigenvalue weighted by atomic mass is 10.1. The third-order valence-corrected chi connectivity index (χ3v) is 2.67. The van der Waals surface area contributed by atoms with E-state index in [-0.39, 0.29) is 18.7 Å². The molecule has 6 nitrogen and oxygen atoms in total. The number of carbonyl (C=O) groups excluding carboxylic acids is 2. The third kappa shape index (κ3) is 5.33. The monoisotopic (exact) mass is 243 g/mol. The Balaban J connectivity index is 2.33. The molecular weight excluding hydrogens is 226 g/mol. The number of ether oxygens (including phenoxy) is 1. The molecule has 0 aromatic heterocycles. The van der Waals surface area contributed by atoms with Gasteiger partial charge in [-0.3, -0.25) is 9.59 Å². The number of methoxy groups -OCH3 is 1. The van der Waals surface area contributed by atoms with Crippen LogP contribution >= 0.6 is 0 Å². The van der Waals surface area contributed by atoms with Gasteiger partial charge in [-0.15, -0.1) is 0 Å². The highest BCUT2D eigenvalue weighted by Crippen LogP contribution is 2.32. The van der Waals surface area contributed by atoms with Crippen molar-refractivity contribution in [2.24, 2.45) is 5.92 Å². The molecule has 1 fully saturated rings. The summed E-state index contributed by atoms with van der Waals surface area (Å²) >= 11 is 0. The SMILES string of the molecule is COC(=O)CCC(NC(=O)CC1CC1)C(=O)O. The summed E-state index contributed by atoms with van der Waals surface area (Å²) in [7, 11) is 1.24. The van der Waals surface area contributed by atoms with E-state index < -0.39 is 18.0 Å². The Kier molecular flexibility index (Phi) is 4.93. The molecule has 1 amide bonds. The number of carboxylic acid groups (broad SMARTS) is 1. The molecule has 1 rings (SSSR count). The van der Waals surface area contributed by atoms with Crippen molar-refractivity contribution in [1.29, 1.82) is 0 Å². The van der Waals surface area contributed by atoms with Crippen LogP contribution in [0.15, 0.2) is 0 Å². The summed E-state index contributed by atoms with van der Waals surface area (Å²) in [6.07, 6.45) is 2.48. The van der Waals surface area contributed by atoms with Gasteiger partial charge in [0.25, 0.3) is 0 Å². The molecule has 1 aliphatic rings. The van der Waals surface area contributed by atoms with E-state index in [9.17, 15) is 14.4 Å². The minimum atomic E-state index is -1.13. The molecule has 1 atom stereocenters. The van der Waals surface area contributed by atoms with Crippen LogP contribution in [0.25, 0.3) is 0 Å². The number of aliphatic carboxylic acids is 1. The van der Waals surface area contributed by atoms with E-state index in [0.717, 1.165) is 12.8 Å². The fourth-order valence-corrected chi connectivity index (χ4v) is 1.46. The molecule has 0 saturated heterocycles. The van der Waals surface area contributed by atoms with E-state index in [1.165, 1.54) is 7.11 Å². The number of hydrogen-bond donors (Lipinski definition) is 2. The van der Waals surface area contributed by atoms with Crippen molar-refractivity contribution in [1.82, 2.24) is 5.32 Å². The van der Waals surface area contributed by atoms with Crippen LogP contribution < -0.4 is 5.32 Å². The van der Waals surface area contributed by atoms with Crippen LogP contribution in [0.5, 0.6) is 0 Å². The molecule has 2 N–H and O–H groups in total. The zero-order chi connectivity index (χ0) is 12.8. The summed E-state index contributed by atoms with van der Waals surface area (Å²) in [4.78, 5) is 33.2. The summed E-state index contributed by atoms with van der Waals surface area (Å²) in [5.41, 5.74) is 0. The molecule has 0 radical (unpaired) electrons. The average Bonchev–Trinajstić information content (AvgIpc) is 3.06. The maximum absolute atomic E-state index is 11.4. The topological polar surface area (TPSA) is 92.7 Å². The Bertz CT molecular complexity index is 311. The Morgan fingerprint density at radius 1 is 1.41 bits per heavy atom. The van der Waals surface area contributed by atoms with Crippen molar-refractivity contribution in [3.8, 4) is 0 Å². The predicted octanol–water partition coefficient (Wildman–Crippen LogP) is 0.309. The Morgan fingerprint density at radius 3 is 2.53 bits per heavy atom. The molecule has 0 aromatic rings. The summed E-state index contributed by atoms with van der Waals surface area (Å²) in [5, 5.41) is 11.3. The zero-order valence-corrected chi connectivity index (χ0v) is 9.77. The lowest BCUT2D eigenvalue weighted by Gasteiger charge is -2.13. The molecule has 0 heterocycles. The van der Waals surface area contributed by atoms with Gasteiger partial charge in [-0.1, -0.05) is 0 Å². The van der Waals surface area contributed by atoms with E-state index in [1.807, 2.05) is 0 Å². The molecule has 0 bridgehead atoms. The number of hydrogen-bond acceptors (Lipinski definition) is 4. The first-order valence-electron chi connectivity index (χ1n) is 5.62. The molecule has 6 heteroatoms.